The van der Waals surface area contributed by atoms with E-state index in [4.69, 9.17) is 16.3 Å². The van der Waals surface area contributed by atoms with E-state index < -0.39 is 17.2 Å². The van der Waals surface area contributed by atoms with E-state index in [0.717, 1.165) is 12.0 Å². The smallest absolute Gasteiger partial charge is 0.321 e. The van der Waals surface area contributed by atoms with Gasteiger partial charge in [-0.3, -0.25) is 10.1 Å². The molecule has 0 aliphatic rings. The maximum Gasteiger partial charge on any atom is 0.321 e. The lowest BCUT2D eigenvalue weighted by molar-refractivity contribution is -0.119. The number of methoxy groups -OCH3 is 1. The van der Waals surface area contributed by atoms with E-state index in [2.05, 4.69) is 20.8 Å². The summed E-state index contributed by atoms with van der Waals surface area (Å²) in [5.74, 6) is 0.224. The van der Waals surface area contributed by atoms with Crippen LogP contribution in [-0.2, 0) is 16.1 Å². The molecule has 0 bridgehead atoms. The first-order valence-electron chi connectivity index (χ1n) is 8.90. The summed E-state index contributed by atoms with van der Waals surface area (Å²) >= 11 is 7.55. The van der Waals surface area contributed by atoms with Crippen molar-refractivity contribution in [2.75, 3.05) is 20.3 Å². The standard InChI is InChI=1S/C18H24ClN5O3S/c1-4-20-17(26)21-16(25)12(2)28-18-23-22-15(24(18)10-7-11-27-3)13-8-5-6-9-14(13)19/h5-6,8-9,12H,4,7,10-11H2,1-3H3,(H2,20,21,25,26)/t12-/m0/s1. The number of aromatic nitrogens is 3. The highest BCUT2D eigenvalue weighted by atomic mass is 35.5. The molecule has 2 rings (SSSR count). The Kier molecular flexibility index (Phi) is 8.75. The molecule has 1 heterocycles. The minimum atomic E-state index is -0.535. The minimum Gasteiger partial charge on any atom is -0.385 e. The van der Waals surface area contributed by atoms with E-state index in [1.54, 1.807) is 27.0 Å². The van der Waals surface area contributed by atoms with E-state index >= 15 is 0 Å². The number of rotatable bonds is 9. The maximum atomic E-state index is 12.2. The van der Waals surface area contributed by atoms with Crippen LogP contribution in [0.1, 0.15) is 20.3 Å². The van der Waals surface area contributed by atoms with Crippen LogP contribution in [0.3, 0.4) is 0 Å². The summed E-state index contributed by atoms with van der Waals surface area (Å²) in [4.78, 5) is 23.8. The second-order valence-corrected chi connectivity index (χ2v) is 7.61. The molecule has 0 saturated heterocycles. The van der Waals surface area contributed by atoms with Crippen LogP contribution < -0.4 is 10.6 Å². The van der Waals surface area contributed by atoms with Gasteiger partial charge in [-0.15, -0.1) is 10.2 Å². The van der Waals surface area contributed by atoms with Crippen LogP contribution in [0.2, 0.25) is 5.02 Å². The number of carbonyl (C=O) groups is 2. The fourth-order valence-electron chi connectivity index (χ4n) is 2.42. The van der Waals surface area contributed by atoms with Crippen molar-refractivity contribution in [2.45, 2.75) is 37.2 Å². The number of hydrogen-bond acceptors (Lipinski definition) is 6. The summed E-state index contributed by atoms with van der Waals surface area (Å²) in [7, 11) is 1.64. The summed E-state index contributed by atoms with van der Waals surface area (Å²) < 4.78 is 7.06. The van der Waals surface area contributed by atoms with E-state index in [1.165, 1.54) is 11.8 Å². The first-order chi connectivity index (χ1) is 13.5. The van der Waals surface area contributed by atoms with Gasteiger partial charge in [0.2, 0.25) is 5.91 Å². The topological polar surface area (TPSA) is 98.1 Å². The molecule has 2 aromatic rings. The van der Waals surface area contributed by atoms with Gasteiger partial charge in [0.15, 0.2) is 11.0 Å². The summed E-state index contributed by atoms with van der Waals surface area (Å²) in [5, 5.41) is 14.0. The van der Waals surface area contributed by atoms with E-state index in [9.17, 15) is 9.59 Å². The number of benzene rings is 1. The van der Waals surface area contributed by atoms with Crippen molar-refractivity contribution in [3.63, 3.8) is 0 Å². The normalized spacial score (nSPS) is 11.9. The molecule has 0 spiro atoms. The van der Waals surface area contributed by atoms with Gasteiger partial charge in [-0.05, 0) is 32.4 Å². The summed E-state index contributed by atoms with van der Waals surface area (Å²) in [6, 6.07) is 6.88. The molecule has 1 atom stereocenters. The quantitative estimate of drug-likeness (QED) is 0.473. The van der Waals surface area contributed by atoms with Crippen molar-refractivity contribution in [2.24, 2.45) is 0 Å². The summed E-state index contributed by atoms with van der Waals surface area (Å²) in [5.41, 5.74) is 0.764. The average molecular weight is 426 g/mol. The molecule has 2 N–H and O–H groups in total. The third-order valence-electron chi connectivity index (χ3n) is 3.79. The first-order valence-corrected chi connectivity index (χ1v) is 10.2. The van der Waals surface area contributed by atoms with Crippen LogP contribution in [0, 0.1) is 0 Å². The average Bonchev–Trinajstić information content (AvgIpc) is 3.04. The van der Waals surface area contributed by atoms with Crippen LogP contribution in [0.25, 0.3) is 11.4 Å². The monoisotopic (exact) mass is 425 g/mol. The number of urea groups is 1. The SMILES string of the molecule is CCNC(=O)NC(=O)[C@H](C)Sc1nnc(-c2ccccc2Cl)n1CCCOC. The fourth-order valence-corrected chi connectivity index (χ4v) is 3.51. The molecular formula is C18H24ClN5O3S. The molecule has 0 radical (unpaired) electrons. The van der Waals surface area contributed by atoms with Gasteiger partial charge in [0.1, 0.15) is 0 Å². The Morgan fingerprint density at radius 1 is 1.32 bits per heavy atom. The third-order valence-corrected chi connectivity index (χ3v) is 5.20. The van der Waals surface area contributed by atoms with Gasteiger partial charge in [0.25, 0.3) is 0 Å². The fraction of sp³-hybridized carbons (Fsp3) is 0.444. The lowest BCUT2D eigenvalue weighted by atomic mass is 10.2. The second-order valence-electron chi connectivity index (χ2n) is 5.89. The van der Waals surface area contributed by atoms with Crippen LogP contribution >= 0.6 is 23.4 Å². The molecule has 1 aromatic carbocycles. The maximum absolute atomic E-state index is 12.2. The molecular weight excluding hydrogens is 402 g/mol. The van der Waals surface area contributed by atoms with Gasteiger partial charge in [-0.1, -0.05) is 35.5 Å². The minimum absolute atomic E-state index is 0.401. The zero-order valence-electron chi connectivity index (χ0n) is 16.1. The van der Waals surface area contributed by atoms with Gasteiger partial charge in [0.05, 0.1) is 10.3 Å². The predicted octanol–water partition coefficient (Wildman–Crippen LogP) is 2.96. The Balaban J connectivity index is 2.22. The number of amides is 3. The Labute approximate surface area is 173 Å². The zero-order valence-corrected chi connectivity index (χ0v) is 17.6. The molecule has 1 aromatic heterocycles. The number of halogens is 1. The Bertz CT molecular complexity index is 814. The molecule has 8 nitrogen and oxygen atoms in total. The number of thioether (sulfide) groups is 1. The lowest BCUT2D eigenvalue weighted by Gasteiger charge is -2.14. The highest BCUT2D eigenvalue weighted by Gasteiger charge is 2.22. The highest BCUT2D eigenvalue weighted by molar-refractivity contribution is 8.00. The number of ether oxygens (including phenoxy) is 1. The van der Waals surface area contributed by atoms with Gasteiger partial charge in [-0.25, -0.2) is 4.79 Å². The van der Waals surface area contributed by atoms with Crippen molar-refractivity contribution < 1.29 is 14.3 Å². The molecule has 0 unspecified atom stereocenters. The second kappa shape index (κ2) is 11.0. The molecule has 0 aliphatic carbocycles. The molecule has 10 heteroatoms. The van der Waals surface area contributed by atoms with Crippen molar-refractivity contribution in [1.29, 1.82) is 0 Å². The number of nitrogens with one attached hydrogen (secondary N) is 2. The number of carbonyl (C=O) groups excluding carboxylic acids is 2. The summed E-state index contributed by atoms with van der Waals surface area (Å²) in [6.45, 7) is 5.12. The Hall–Kier alpha value is -2.10. The zero-order chi connectivity index (χ0) is 20.5. The van der Waals surface area contributed by atoms with E-state index in [0.29, 0.717) is 35.7 Å². The molecule has 0 aliphatic heterocycles. The van der Waals surface area contributed by atoms with Crippen molar-refractivity contribution in [3.8, 4) is 11.4 Å². The van der Waals surface area contributed by atoms with Gasteiger partial charge < -0.3 is 14.6 Å². The van der Waals surface area contributed by atoms with Crippen LogP contribution in [0.4, 0.5) is 4.79 Å². The molecule has 0 fully saturated rings. The number of nitrogens with zero attached hydrogens (tertiary/aromatic N) is 3. The van der Waals surface area contributed by atoms with Crippen molar-refractivity contribution >= 4 is 35.3 Å². The highest BCUT2D eigenvalue weighted by Crippen LogP contribution is 2.30. The molecule has 3 amide bonds. The van der Waals surface area contributed by atoms with E-state index in [1.807, 2.05) is 22.8 Å². The Morgan fingerprint density at radius 2 is 2.07 bits per heavy atom. The van der Waals surface area contributed by atoms with E-state index in [-0.39, 0.29) is 0 Å². The number of imide groups is 1. The third kappa shape index (κ3) is 5.95. The lowest BCUT2D eigenvalue weighted by Crippen LogP contribution is -2.42. The molecule has 152 valence electrons. The van der Waals surface area contributed by atoms with Gasteiger partial charge in [0, 0.05) is 32.4 Å². The van der Waals surface area contributed by atoms with Crippen LogP contribution in [-0.4, -0.2) is 52.2 Å². The number of hydrogen-bond donors (Lipinski definition) is 2. The predicted molar refractivity (Wildman–Crippen MR) is 109 cm³/mol. The Morgan fingerprint density at radius 3 is 2.75 bits per heavy atom. The first kappa shape index (κ1) is 22.2. The van der Waals surface area contributed by atoms with Crippen molar-refractivity contribution in [3.05, 3.63) is 29.3 Å². The molecule has 0 saturated carbocycles. The van der Waals surface area contributed by atoms with Gasteiger partial charge >= 0.3 is 6.03 Å². The van der Waals surface area contributed by atoms with Crippen LogP contribution in [0.15, 0.2) is 29.4 Å². The van der Waals surface area contributed by atoms with Gasteiger partial charge in [-0.2, -0.15) is 0 Å². The summed E-state index contributed by atoms with van der Waals surface area (Å²) in [6.07, 6.45) is 0.749. The van der Waals surface area contributed by atoms with Crippen LogP contribution in [0.5, 0.6) is 0 Å². The molecule has 28 heavy (non-hydrogen) atoms. The van der Waals surface area contributed by atoms with Crippen molar-refractivity contribution in [1.82, 2.24) is 25.4 Å². The largest absolute Gasteiger partial charge is 0.385 e.